The van der Waals surface area contributed by atoms with Gasteiger partial charge in [0.2, 0.25) is 5.91 Å². The van der Waals surface area contributed by atoms with Crippen LogP contribution in [0.4, 0.5) is 5.69 Å². The van der Waals surface area contributed by atoms with E-state index in [2.05, 4.69) is 20.1 Å². The van der Waals surface area contributed by atoms with Crippen LogP contribution in [0.1, 0.15) is 31.7 Å². The minimum atomic E-state index is -0.154. The highest BCUT2D eigenvalue weighted by Gasteiger charge is 2.26. The molecule has 1 N–H and O–H groups in total. The number of hydrogen-bond acceptors (Lipinski definition) is 6. The smallest absolute Gasteiger partial charge is 0.234 e. The van der Waals surface area contributed by atoms with Gasteiger partial charge in [0.1, 0.15) is 11.5 Å². The molecule has 2 aromatic carbocycles. The van der Waals surface area contributed by atoms with E-state index in [0.717, 1.165) is 29.4 Å². The van der Waals surface area contributed by atoms with Crippen molar-refractivity contribution in [1.29, 1.82) is 0 Å². The summed E-state index contributed by atoms with van der Waals surface area (Å²) in [6, 6.07) is 13.2. The zero-order chi connectivity index (χ0) is 22.5. The Labute approximate surface area is 196 Å². The van der Waals surface area contributed by atoms with Crippen molar-refractivity contribution in [3.63, 3.8) is 0 Å². The summed E-state index contributed by atoms with van der Waals surface area (Å²) in [7, 11) is 3.14. The van der Waals surface area contributed by atoms with Crippen molar-refractivity contribution in [3.05, 3.63) is 47.5 Å². The first-order chi connectivity index (χ1) is 15.6. The van der Waals surface area contributed by atoms with Crippen LogP contribution in [0.25, 0.3) is 11.4 Å². The van der Waals surface area contributed by atoms with Crippen molar-refractivity contribution in [2.24, 2.45) is 0 Å². The molecule has 1 heterocycles. The average molecular weight is 473 g/mol. The number of benzene rings is 2. The number of hydrogen-bond donors (Lipinski definition) is 1. The molecule has 32 heavy (non-hydrogen) atoms. The van der Waals surface area contributed by atoms with E-state index in [-0.39, 0.29) is 11.7 Å². The largest absolute Gasteiger partial charge is 0.497 e. The molecule has 1 fully saturated rings. The summed E-state index contributed by atoms with van der Waals surface area (Å²) >= 11 is 7.81. The minimum absolute atomic E-state index is 0.154. The SMILES string of the molecule is COc1ccc(NC(=O)CSc2nnc(-c3ccccc3Cl)n2C2CCCC2)c(OC)c1. The Morgan fingerprint density at radius 3 is 2.66 bits per heavy atom. The van der Waals surface area contributed by atoms with Gasteiger partial charge in [-0.05, 0) is 37.1 Å². The van der Waals surface area contributed by atoms with E-state index in [1.165, 1.54) is 24.6 Å². The fourth-order valence-electron chi connectivity index (χ4n) is 3.91. The summed E-state index contributed by atoms with van der Waals surface area (Å²) in [6.45, 7) is 0. The predicted molar refractivity (Wildman–Crippen MR) is 127 cm³/mol. The van der Waals surface area contributed by atoms with Crippen LogP contribution in [0, 0.1) is 0 Å². The zero-order valence-corrected chi connectivity index (χ0v) is 19.6. The molecule has 1 aliphatic rings. The van der Waals surface area contributed by atoms with E-state index >= 15 is 0 Å². The van der Waals surface area contributed by atoms with E-state index in [1.54, 1.807) is 32.4 Å². The normalized spacial score (nSPS) is 13.8. The van der Waals surface area contributed by atoms with Crippen molar-refractivity contribution in [2.75, 3.05) is 25.3 Å². The highest BCUT2D eigenvalue weighted by molar-refractivity contribution is 7.99. The number of anilines is 1. The van der Waals surface area contributed by atoms with Crippen LogP contribution >= 0.6 is 23.4 Å². The van der Waals surface area contributed by atoms with Gasteiger partial charge in [0.05, 0.1) is 30.7 Å². The van der Waals surface area contributed by atoms with Crippen molar-refractivity contribution >= 4 is 35.0 Å². The first-order valence-electron chi connectivity index (χ1n) is 10.4. The number of amides is 1. The summed E-state index contributed by atoms with van der Waals surface area (Å²) in [4.78, 5) is 12.7. The Hall–Kier alpha value is -2.71. The van der Waals surface area contributed by atoms with Crippen LogP contribution in [0.3, 0.4) is 0 Å². The van der Waals surface area contributed by atoms with Crippen LogP contribution in [0.2, 0.25) is 5.02 Å². The molecule has 0 saturated heterocycles. The Kier molecular flexibility index (Phi) is 7.22. The zero-order valence-electron chi connectivity index (χ0n) is 18.0. The van der Waals surface area contributed by atoms with Gasteiger partial charge in [-0.1, -0.05) is 48.3 Å². The van der Waals surface area contributed by atoms with Gasteiger partial charge in [0.15, 0.2) is 11.0 Å². The monoisotopic (exact) mass is 472 g/mol. The fourth-order valence-corrected chi connectivity index (χ4v) is 4.94. The van der Waals surface area contributed by atoms with Crippen molar-refractivity contribution < 1.29 is 14.3 Å². The van der Waals surface area contributed by atoms with Gasteiger partial charge in [-0.15, -0.1) is 10.2 Å². The third-order valence-electron chi connectivity index (χ3n) is 5.48. The third kappa shape index (κ3) is 4.86. The maximum Gasteiger partial charge on any atom is 0.234 e. The minimum Gasteiger partial charge on any atom is -0.497 e. The Morgan fingerprint density at radius 2 is 1.94 bits per heavy atom. The second-order valence-corrected chi connectivity index (χ2v) is 8.85. The van der Waals surface area contributed by atoms with Crippen LogP contribution in [0.15, 0.2) is 47.6 Å². The Bertz CT molecular complexity index is 1100. The quantitative estimate of drug-likeness (QED) is 0.438. The van der Waals surface area contributed by atoms with E-state index in [0.29, 0.717) is 28.3 Å². The molecule has 0 radical (unpaired) electrons. The topological polar surface area (TPSA) is 78.3 Å². The number of carbonyl (C=O) groups is 1. The Balaban J connectivity index is 1.52. The van der Waals surface area contributed by atoms with Crippen LogP contribution < -0.4 is 14.8 Å². The van der Waals surface area contributed by atoms with E-state index in [9.17, 15) is 4.79 Å². The number of ether oxygens (including phenoxy) is 2. The molecule has 1 amide bonds. The molecule has 0 unspecified atom stereocenters. The maximum atomic E-state index is 12.7. The van der Waals surface area contributed by atoms with Crippen LogP contribution in [-0.4, -0.2) is 40.6 Å². The number of thioether (sulfide) groups is 1. The van der Waals surface area contributed by atoms with Gasteiger partial charge in [-0.2, -0.15) is 0 Å². The molecule has 4 rings (SSSR count). The lowest BCUT2D eigenvalue weighted by Gasteiger charge is -2.17. The van der Waals surface area contributed by atoms with E-state index in [1.807, 2.05) is 24.3 Å². The predicted octanol–water partition coefficient (Wildman–Crippen LogP) is 5.46. The molecule has 0 spiro atoms. The highest BCUT2D eigenvalue weighted by Crippen LogP contribution is 2.38. The number of nitrogens with zero attached hydrogens (tertiary/aromatic N) is 3. The maximum absolute atomic E-state index is 12.7. The number of carbonyl (C=O) groups excluding carboxylic acids is 1. The van der Waals surface area contributed by atoms with E-state index < -0.39 is 0 Å². The molecule has 3 aromatic rings. The second kappa shape index (κ2) is 10.3. The Morgan fingerprint density at radius 1 is 1.16 bits per heavy atom. The first-order valence-corrected chi connectivity index (χ1v) is 11.8. The molecule has 9 heteroatoms. The van der Waals surface area contributed by atoms with Gasteiger partial charge in [-0.25, -0.2) is 0 Å². The van der Waals surface area contributed by atoms with Crippen LogP contribution in [-0.2, 0) is 4.79 Å². The van der Waals surface area contributed by atoms with Gasteiger partial charge >= 0.3 is 0 Å². The van der Waals surface area contributed by atoms with Gasteiger partial charge in [-0.3, -0.25) is 9.36 Å². The van der Waals surface area contributed by atoms with Gasteiger partial charge < -0.3 is 14.8 Å². The molecular formula is C23H25ClN4O3S. The fraction of sp³-hybridized carbons (Fsp3) is 0.348. The first kappa shape index (κ1) is 22.5. The summed E-state index contributed by atoms with van der Waals surface area (Å²) in [5.74, 6) is 1.99. The molecular weight excluding hydrogens is 448 g/mol. The number of methoxy groups -OCH3 is 2. The van der Waals surface area contributed by atoms with Crippen molar-refractivity contribution in [1.82, 2.24) is 14.8 Å². The number of nitrogens with one attached hydrogen (secondary N) is 1. The third-order valence-corrected chi connectivity index (χ3v) is 6.76. The van der Waals surface area contributed by atoms with Gasteiger partial charge in [0.25, 0.3) is 0 Å². The number of rotatable bonds is 8. The summed E-state index contributed by atoms with van der Waals surface area (Å²) in [5, 5.41) is 13.1. The van der Waals surface area contributed by atoms with E-state index in [4.69, 9.17) is 21.1 Å². The lowest BCUT2D eigenvalue weighted by Crippen LogP contribution is -2.16. The molecule has 1 aromatic heterocycles. The standard InChI is InChI=1S/C23H25ClN4O3S/c1-30-16-11-12-19(20(13-16)31-2)25-21(29)14-32-23-27-26-22(17-9-5-6-10-18(17)24)28(23)15-7-3-4-8-15/h5-6,9-13,15H,3-4,7-8,14H2,1-2H3,(H,25,29). The molecule has 0 aliphatic heterocycles. The van der Waals surface area contributed by atoms with Gasteiger partial charge in [0, 0.05) is 17.7 Å². The lowest BCUT2D eigenvalue weighted by atomic mass is 10.2. The lowest BCUT2D eigenvalue weighted by molar-refractivity contribution is -0.113. The summed E-state index contributed by atoms with van der Waals surface area (Å²) < 4.78 is 12.7. The number of halogens is 1. The molecule has 168 valence electrons. The molecule has 0 bridgehead atoms. The number of aromatic nitrogens is 3. The highest BCUT2D eigenvalue weighted by atomic mass is 35.5. The molecule has 7 nitrogen and oxygen atoms in total. The molecule has 1 aliphatic carbocycles. The van der Waals surface area contributed by atoms with Crippen molar-refractivity contribution in [3.8, 4) is 22.9 Å². The average Bonchev–Trinajstić information content (AvgIpc) is 3.48. The molecule has 0 atom stereocenters. The van der Waals surface area contributed by atoms with Crippen LogP contribution in [0.5, 0.6) is 11.5 Å². The van der Waals surface area contributed by atoms with Crippen molar-refractivity contribution in [2.45, 2.75) is 36.9 Å². The summed E-state index contributed by atoms with van der Waals surface area (Å²) in [5.41, 5.74) is 1.45. The second-order valence-electron chi connectivity index (χ2n) is 7.50. The summed E-state index contributed by atoms with van der Waals surface area (Å²) in [6.07, 6.45) is 4.48. The molecule has 1 saturated carbocycles.